The summed E-state index contributed by atoms with van der Waals surface area (Å²) in [5, 5.41) is 8.82. The number of carbonyl (C=O) groups is 1. The number of carbonyl (C=O) groups excluding carboxylic acids is 1. The number of nitrogens with one attached hydrogen (secondary N) is 1. The first-order chi connectivity index (χ1) is 14.5. The van der Waals surface area contributed by atoms with Crippen molar-refractivity contribution in [3.8, 4) is 5.75 Å². The van der Waals surface area contributed by atoms with Crippen molar-refractivity contribution in [2.24, 2.45) is 5.16 Å². The second-order valence-corrected chi connectivity index (χ2v) is 7.86. The molecule has 0 aromatic heterocycles. The zero-order valence-corrected chi connectivity index (χ0v) is 17.4. The highest BCUT2D eigenvalue weighted by Crippen LogP contribution is 2.36. The highest BCUT2D eigenvalue weighted by Gasteiger charge is 2.43. The van der Waals surface area contributed by atoms with Crippen molar-refractivity contribution in [3.05, 3.63) is 65.2 Å². The smallest absolute Gasteiger partial charge is 0.426 e. The van der Waals surface area contributed by atoms with Gasteiger partial charge in [-0.05, 0) is 30.2 Å². The predicted octanol–water partition coefficient (Wildman–Crippen LogP) is 3.80. The van der Waals surface area contributed by atoms with Crippen molar-refractivity contribution in [2.45, 2.75) is 38.3 Å². The summed E-state index contributed by atoms with van der Waals surface area (Å²) in [5.74, 6) is 0.784. The molecule has 1 fully saturated rings. The fourth-order valence-corrected chi connectivity index (χ4v) is 3.74. The van der Waals surface area contributed by atoms with Crippen LogP contribution in [0.25, 0.3) is 0 Å². The van der Waals surface area contributed by atoms with Crippen LogP contribution in [0.5, 0.6) is 5.75 Å². The number of aryl methyl sites for hydroxylation is 1. The maximum absolute atomic E-state index is 12.1. The lowest BCUT2D eigenvalue weighted by atomic mass is 9.86. The molecule has 2 aliphatic heterocycles. The molecule has 1 amide bonds. The van der Waals surface area contributed by atoms with Gasteiger partial charge in [0, 0.05) is 38.9 Å². The summed E-state index contributed by atoms with van der Waals surface area (Å²) in [7, 11) is 1.62. The second kappa shape index (κ2) is 8.75. The molecule has 2 heterocycles. The largest absolute Gasteiger partial charge is 0.497 e. The summed E-state index contributed by atoms with van der Waals surface area (Å²) in [6.07, 6.45) is 1.86. The van der Waals surface area contributed by atoms with Crippen LogP contribution in [0.1, 0.15) is 36.0 Å². The van der Waals surface area contributed by atoms with E-state index in [4.69, 9.17) is 14.4 Å². The van der Waals surface area contributed by atoms with Gasteiger partial charge in [0.15, 0.2) is 0 Å². The van der Waals surface area contributed by atoms with E-state index < -0.39 is 6.09 Å². The second-order valence-electron chi connectivity index (χ2n) is 7.86. The van der Waals surface area contributed by atoms with Gasteiger partial charge in [-0.15, -0.1) is 5.06 Å². The molecule has 4 rings (SSSR count). The van der Waals surface area contributed by atoms with E-state index in [0.29, 0.717) is 19.6 Å². The highest BCUT2D eigenvalue weighted by molar-refractivity contribution is 6.01. The first kappa shape index (κ1) is 20.2. The van der Waals surface area contributed by atoms with Crippen molar-refractivity contribution in [3.63, 3.8) is 0 Å². The van der Waals surface area contributed by atoms with Gasteiger partial charge < -0.3 is 19.7 Å². The fraction of sp³-hybridized carbons (Fsp3) is 0.391. The average Bonchev–Trinajstić information content (AvgIpc) is 3.18. The zero-order valence-electron chi connectivity index (χ0n) is 17.4. The number of amides is 1. The number of nitrogens with zero attached hydrogens (tertiary/aromatic N) is 2. The maximum Gasteiger partial charge on any atom is 0.426 e. The van der Waals surface area contributed by atoms with Crippen LogP contribution in [-0.4, -0.2) is 42.7 Å². The van der Waals surface area contributed by atoms with E-state index in [1.54, 1.807) is 12.2 Å². The molecule has 30 heavy (non-hydrogen) atoms. The Hall–Kier alpha value is -3.06. The van der Waals surface area contributed by atoms with Crippen LogP contribution in [0.3, 0.4) is 0 Å². The minimum atomic E-state index is -0.453. The van der Waals surface area contributed by atoms with Crippen molar-refractivity contribution in [2.75, 3.05) is 20.2 Å². The predicted molar refractivity (Wildman–Crippen MR) is 113 cm³/mol. The molecule has 7 heteroatoms. The fourth-order valence-electron chi connectivity index (χ4n) is 3.74. The topological polar surface area (TPSA) is 72.4 Å². The van der Waals surface area contributed by atoms with E-state index in [9.17, 15) is 4.79 Å². The van der Waals surface area contributed by atoms with Crippen molar-refractivity contribution >= 4 is 11.8 Å². The number of methoxy groups -OCH3 is 1. The number of hydroxylamine groups is 2. The molecule has 0 aliphatic carbocycles. The first-order valence-electron chi connectivity index (χ1n) is 10.2. The van der Waals surface area contributed by atoms with Gasteiger partial charge in [-0.25, -0.2) is 4.79 Å². The third-order valence-electron chi connectivity index (χ3n) is 5.67. The molecule has 7 nitrogen and oxygen atoms in total. The summed E-state index contributed by atoms with van der Waals surface area (Å²) in [4.78, 5) is 23.4. The molecule has 1 saturated heterocycles. The molecule has 0 radical (unpaired) electrons. The summed E-state index contributed by atoms with van der Waals surface area (Å²) >= 11 is 0. The minimum absolute atomic E-state index is 0.292. The van der Waals surface area contributed by atoms with Crippen LogP contribution in [0.15, 0.2) is 53.7 Å². The molecule has 0 saturated carbocycles. The summed E-state index contributed by atoms with van der Waals surface area (Å²) in [6.45, 7) is 3.71. The molecule has 0 unspecified atom stereocenters. The van der Waals surface area contributed by atoms with Crippen LogP contribution in [0.2, 0.25) is 0 Å². The number of oxime groups is 1. The molecule has 1 spiro atoms. The van der Waals surface area contributed by atoms with Crippen LogP contribution < -0.4 is 10.1 Å². The van der Waals surface area contributed by atoms with E-state index in [2.05, 4.69) is 41.7 Å². The van der Waals surface area contributed by atoms with Gasteiger partial charge in [-0.1, -0.05) is 47.1 Å². The van der Waals surface area contributed by atoms with Crippen molar-refractivity contribution < 1.29 is 19.2 Å². The Bertz CT molecular complexity index is 901. The van der Waals surface area contributed by atoms with Gasteiger partial charge >= 0.3 is 6.09 Å². The van der Waals surface area contributed by atoms with Crippen LogP contribution in [0.4, 0.5) is 4.79 Å². The first-order valence-corrected chi connectivity index (χ1v) is 10.2. The molecular weight excluding hydrogens is 382 g/mol. The van der Waals surface area contributed by atoms with Crippen LogP contribution in [0, 0.1) is 6.92 Å². The van der Waals surface area contributed by atoms with Gasteiger partial charge in [0.1, 0.15) is 11.4 Å². The molecule has 0 bridgehead atoms. The lowest BCUT2D eigenvalue weighted by Crippen LogP contribution is -2.46. The molecular formula is C23H27N3O4. The number of piperidine rings is 1. The van der Waals surface area contributed by atoms with Crippen LogP contribution >= 0.6 is 0 Å². The minimum Gasteiger partial charge on any atom is -0.497 e. The summed E-state index contributed by atoms with van der Waals surface area (Å²) in [6, 6.07) is 15.9. The van der Waals surface area contributed by atoms with E-state index in [-0.39, 0.29) is 5.60 Å². The molecule has 158 valence electrons. The van der Waals surface area contributed by atoms with E-state index in [1.807, 2.05) is 24.3 Å². The summed E-state index contributed by atoms with van der Waals surface area (Å²) < 4.78 is 5.13. The Morgan fingerprint density at radius 1 is 1.13 bits per heavy atom. The lowest BCUT2D eigenvalue weighted by Gasteiger charge is -2.35. The SMILES string of the molecule is COc1ccc(CNC(=O)ON2CCC3(CC2)CC(c2ccc(C)cc2)=NO3)cc1. The Morgan fingerprint density at radius 2 is 1.83 bits per heavy atom. The Kier molecular flexibility index (Phi) is 5.90. The lowest BCUT2D eigenvalue weighted by molar-refractivity contribution is -0.157. The van der Waals surface area contributed by atoms with Gasteiger partial charge in [0.25, 0.3) is 0 Å². The normalized spacial score (nSPS) is 17.9. The van der Waals surface area contributed by atoms with Gasteiger partial charge in [-0.2, -0.15) is 0 Å². The Labute approximate surface area is 176 Å². The maximum atomic E-state index is 12.1. The quantitative estimate of drug-likeness (QED) is 0.813. The number of rotatable bonds is 5. The molecule has 2 aliphatic rings. The van der Waals surface area contributed by atoms with Crippen LogP contribution in [-0.2, 0) is 16.2 Å². The van der Waals surface area contributed by atoms with Gasteiger partial charge in [0.2, 0.25) is 0 Å². The number of hydrogen-bond acceptors (Lipinski definition) is 6. The average molecular weight is 409 g/mol. The van der Waals surface area contributed by atoms with E-state index >= 15 is 0 Å². The highest BCUT2D eigenvalue weighted by atomic mass is 16.7. The monoisotopic (exact) mass is 409 g/mol. The zero-order chi connectivity index (χ0) is 21.0. The molecule has 2 aromatic rings. The third-order valence-corrected chi connectivity index (χ3v) is 5.67. The summed E-state index contributed by atoms with van der Waals surface area (Å²) in [5.41, 5.74) is 4.00. The molecule has 2 aromatic carbocycles. The Balaban J connectivity index is 1.22. The standard InChI is InChI=1S/C23H27N3O4/c1-17-3-7-19(8-4-17)21-15-23(30-25-21)11-13-26(14-12-23)29-22(27)24-16-18-5-9-20(28-2)10-6-18/h3-10H,11-16H2,1-2H3,(H,24,27). The Morgan fingerprint density at radius 3 is 2.50 bits per heavy atom. The van der Waals surface area contributed by atoms with E-state index in [0.717, 1.165) is 41.9 Å². The number of ether oxygens (including phenoxy) is 1. The van der Waals surface area contributed by atoms with Gasteiger partial charge in [0.05, 0.1) is 12.8 Å². The van der Waals surface area contributed by atoms with Crippen molar-refractivity contribution in [1.82, 2.24) is 10.4 Å². The molecule has 0 atom stereocenters. The third kappa shape index (κ3) is 4.74. The number of benzene rings is 2. The van der Waals surface area contributed by atoms with E-state index in [1.165, 1.54) is 5.56 Å². The molecule has 1 N–H and O–H groups in total. The van der Waals surface area contributed by atoms with Gasteiger partial charge in [-0.3, -0.25) is 0 Å². The number of hydrogen-bond donors (Lipinski definition) is 1. The van der Waals surface area contributed by atoms with Crippen molar-refractivity contribution in [1.29, 1.82) is 0 Å².